The minimum Gasteiger partial charge on any atom is -0.494 e. The van der Waals surface area contributed by atoms with E-state index in [0.717, 1.165) is 24.5 Å². The molecular weight excluding hydrogens is 361 g/mol. The summed E-state index contributed by atoms with van der Waals surface area (Å²) in [6.07, 6.45) is 4.60. The number of rotatable bonds is 6. The van der Waals surface area contributed by atoms with Crippen LogP contribution < -0.4 is 10.1 Å². The third kappa shape index (κ3) is 4.68. The average molecular weight is 385 g/mol. The highest BCUT2D eigenvalue weighted by atomic mass is 19.1. The van der Waals surface area contributed by atoms with E-state index in [0.29, 0.717) is 0 Å². The van der Waals surface area contributed by atoms with Gasteiger partial charge in [-0.05, 0) is 67.5 Å². The largest absolute Gasteiger partial charge is 0.494 e. The second kappa shape index (κ2) is 8.87. The number of hydrogen-bond donors (Lipinski definition) is 1. The Hall–Kier alpha value is -2.89. The van der Waals surface area contributed by atoms with Crippen LogP contribution in [0, 0.1) is 5.82 Å². The number of methoxy groups -OCH3 is 1. The lowest BCUT2D eigenvalue weighted by Gasteiger charge is -2.20. The number of aryl methyl sites for hydroxylation is 2. The van der Waals surface area contributed by atoms with E-state index in [1.54, 1.807) is 0 Å². The third-order valence-electron chi connectivity index (χ3n) is 4.97. The Kier molecular flexibility index (Phi) is 6.29. The fourth-order valence-corrected chi connectivity index (χ4v) is 3.40. The fourth-order valence-electron chi connectivity index (χ4n) is 3.40. The number of nitrogens with one attached hydrogen (secondary N) is 1. The van der Waals surface area contributed by atoms with Gasteiger partial charge in [-0.3, -0.25) is 4.79 Å². The van der Waals surface area contributed by atoms with E-state index >= 15 is 0 Å². The number of carbonyl (C=O) groups is 2. The van der Waals surface area contributed by atoms with Crippen molar-refractivity contribution in [2.75, 3.05) is 13.7 Å². The second-order valence-electron chi connectivity index (χ2n) is 6.95. The number of ether oxygens (including phenoxy) is 2. The molecule has 1 aliphatic carbocycles. The van der Waals surface area contributed by atoms with Crippen molar-refractivity contribution in [2.45, 2.75) is 38.6 Å². The normalized spacial score (nSPS) is 14.0. The highest BCUT2D eigenvalue weighted by Gasteiger charge is 2.16. The van der Waals surface area contributed by atoms with E-state index in [9.17, 15) is 14.0 Å². The highest BCUT2D eigenvalue weighted by Crippen LogP contribution is 2.24. The summed E-state index contributed by atoms with van der Waals surface area (Å²) in [5.74, 6) is -1.80. The Morgan fingerprint density at radius 3 is 2.57 bits per heavy atom. The molecule has 1 aliphatic rings. The molecule has 0 heterocycles. The molecule has 0 unspecified atom stereocenters. The first kappa shape index (κ1) is 19.9. The van der Waals surface area contributed by atoms with Gasteiger partial charge in [0.1, 0.15) is 0 Å². The smallest absolute Gasteiger partial charge is 0.338 e. The van der Waals surface area contributed by atoms with E-state index in [1.807, 2.05) is 13.0 Å². The van der Waals surface area contributed by atoms with E-state index in [1.165, 1.54) is 43.2 Å². The van der Waals surface area contributed by atoms with Crippen LogP contribution >= 0.6 is 0 Å². The molecule has 5 nitrogen and oxygen atoms in total. The molecule has 148 valence electrons. The first-order valence-electron chi connectivity index (χ1n) is 9.39. The van der Waals surface area contributed by atoms with Crippen LogP contribution in [0.5, 0.6) is 5.75 Å². The summed E-state index contributed by atoms with van der Waals surface area (Å²) in [5, 5.41) is 2.83. The van der Waals surface area contributed by atoms with Crippen molar-refractivity contribution in [1.82, 2.24) is 5.32 Å². The minimum atomic E-state index is -0.766. The zero-order valence-corrected chi connectivity index (χ0v) is 16.1. The van der Waals surface area contributed by atoms with Crippen molar-refractivity contribution in [3.05, 3.63) is 64.5 Å². The van der Waals surface area contributed by atoms with Gasteiger partial charge in [0.25, 0.3) is 5.91 Å². The van der Waals surface area contributed by atoms with Crippen LogP contribution in [0.15, 0.2) is 36.4 Å². The zero-order valence-electron chi connectivity index (χ0n) is 16.1. The Bertz CT molecular complexity index is 881. The third-order valence-corrected chi connectivity index (χ3v) is 4.97. The van der Waals surface area contributed by atoms with Gasteiger partial charge in [0.2, 0.25) is 0 Å². The Balaban J connectivity index is 1.53. The van der Waals surface area contributed by atoms with Crippen LogP contribution in [0.3, 0.4) is 0 Å². The van der Waals surface area contributed by atoms with E-state index in [2.05, 4.69) is 17.4 Å². The fraction of sp³-hybridized carbons (Fsp3) is 0.364. The second-order valence-corrected chi connectivity index (χ2v) is 6.95. The molecule has 6 heteroatoms. The summed E-state index contributed by atoms with van der Waals surface area (Å²) in [4.78, 5) is 24.1. The van der Waals surface area contributed by atoms with Crippen LogP contribution in [0.1, 0.15) is 52.9 Å². The molecule has 0 saturated carbocycles. The van der Waals surface area contributed by atoms with Gasteiger partial charge in [0.05, 0.1) is 18.7 Å². The van der Waals surface area contributed by atoms with Gasteiger partial charge in [0, 0.05) is 0 Å². The molecule has 1 N–H and O–H groups in total. The first-order valence-corrected chi connectivity index (χ1v) is 9.39. The Morgan fingerprint density at radius 2 is 1.86 bits per heavy atom. The maximum atomic E-state index is 13.7. The predicted molar refractivity (Wildman–Crippen MR) is 103 cm³/mol. The lowest BCUT2D eigenvalue weighted by Crippen LogP contribution is -2.31. The van der Waals surface area contributed by atoms with E-state index < -0.39 is 24.3 Å². The van der Waals surface area contributed by atoms with Gasteiger partial charge >= 0.3 is 5.97 Å². The SMILES string of the molecule is COc1ccc(C(=O)OCC(=O)N[C@@H](C)c2ccc3c(c2)CCCC3)cc1F. The predicted octanol–water partition coefficient (Wildman–Crippen LogP) is 3.75. The van der Waals surface area contributed by atoms with Crippen LogP contribution in [-0.4, -0.2) is 25.6 Å². The summed E-state index contributed by atoms with van der Waals surface area (Å²) < 4.78 is 23.5. The lowest BCUT2D eigenvalue weighted by molar-refractivity contribution is -0.124. The number of benzene rings is 2. The van der Waals surface area contributed by atoms with E-state index in [-0.39, 0.29) is 17.4 Å². The van der Waals surface area contributed by atoms with Crippen molar-refractivity contribution in [3.8, 4) is 5.75 Å². The maximum absolute atomic E-state index is 13.7. The van der Waals surface area contributed by atoms with E-state index in [4.69, 9.17) is 9.47 Å². The molecule has 0 aliphatic heterocycles. The molecule has 0 bridgehead atoms. The number of hydrogen-bond acceptors (Lipinski definition) is 4. The van der Waals surface area contributed by atoms with Crippen molar-refractivity contribution in [1.29, 1.82) is 0 Å². The van der Waals surface area contributed by atoms with Gasteiger partial charge < -0.3 is 14.8 Å². The number of halogens is 1. The van der Waals surface area contributed by atoms with Crippen LogP contribution in [0.25, 0.3) is 0 Å². The molecule has 1 atom stereocenters. The molecule has 0 saturated heterocycles. The quantitative estimate of drug-likeness (QED) is 0.770. The molecular formula is C22H24FNO4. The zero-order chi connectivity index (χ0) is 20.1. The molecule has 0 aromatic heterocycles. The van der Waals surface area contributed by atoms with Crippen molar-refractivity contribution < 1.29 is 23.5 Å². The van der Waals surface area contributed by atoms with Crippen molar-refractivity contribution in [2.24, 2.45) is 0 Å². The van der Waals surface area contributed by atoms with Gasteiger partial charge in [0.15, 0.2) is 18.2 Å². The van der Waals surface area contributed by atoms with Gasteiger partial charge in [-0.25, -0.2) is 9.18 Å². The van der Waals surface area contributed by atoms with Gasteiger partial charge in [-0.15, -0.1) is 0 Å². The molecule has 1 amide bonds. The number of esters is 1. The topological polar surface area (TPSA) is 64.6 Å². The number of carbonyl (C=O) groups excluding carboxylic acids is 2. The van der Waals surface area contributed by atoms with Crippen LogP contribution in [0.4, 0.5) is 4.39 Å². The van der Waals surface area contributed by atoms with Crippen molar-refractivity contribution in [3.63, 3.8) is 0 Å². The van der Waals surface area contributed by atoms with Crippen molar-refractivity contribution >= 4 is 11.9 Å². The number of fused-ring (bicyclic) bond motifs is 1. The summed E-state index contributed by atoms with van der Waals surface area (Å²) >= 11 is 0. The van der Waals surface area contributed by atoms with Gasteiger partial charge in [-0.2, -0.15) is 0 Å². The maximum Gasteiger partial charge on any atom is 0.338 e. The average Bonchev–Trinajstić information content (AvgIpc) is 2.71. The summed E-state index contributed by atoms with van der Waals surface area (Å²) in [6.45, 7) is 1.46. The number of amides is 1. The summed E-state index contributed by atoms with van der Waals surface area (Å²) in [5.41, 5.74) is 3.78. The van der Waals surface area contributed by atoms with Crippen LogP contribution in [0.2, 0.25) is 0 Å². The van der Waals surface area contributed by atoms with Gasteiger partial charge in [-0.1, -0.05) is 18.2 Å². The highest BCUT2D eigenvalue weighted by molar-refractivity contribution is 5.91. The molecule has 28 heavy (non-hydrogen) atoms. The molecule has 3 rings (SSSR count). The molecule has 0 radical (unpaired) electrons. The summed E-state index contributed by atoms with van der Waals surface area (Å²) in [7, 11) is 1.34. The molecule has 0 fully saturated rings. The Labute approximate surface area is 163 Å². The molecule has 0 spiro atoms. The van der Waals surface area contributed by atoms with Crippen LogP contribution in [-0.2, 0) is 22.4 Å². The monoisotopic (exact) mass is 385 g/mol. The molecule has 2 aromatic rings. The minimum absolute atomic E-state index is 0.0221. The summed E-state index contributed by atoms with van der Waals surface area (Å²) in [6, 6.07) is 9.85. The lowest BCUT2D eigenvalue weighted by atomic mass is 9.89. The standard InChI is InChI=1S/C22H24FNO4/c1-14(16-8-7-15-5-3-4-6-17(15)11-16)24-21(25)13-28-22(26)18-9-10-20(27-2)19(23)12-18/h7-12,14H,3-6,13H2,1-2H3,(H,24,25)/t14-/m0/s1. The Morgan fingerprint density at radius 1 is 1.11 bits per heavy atom. The molecule has 2 aromatic carbocycles. The first-order chi connectivity index (χ1) is 13.5.